The zero-order valence-electron chi connectivity index (χ0n) is 16.9. The minimum atomic E-state index is 0.788. The molecule has 0 aromatic heterocycles. The van der Waals surface area contributed by atoms with Crippen molar-refractivity contribution >= 4 is 0 Å². The number of methoxy groups -OCH3 is 3. The highest BCUT2D eigenvalue weighted by atomic mass is 16.5. The van der Waals surface area contributed by atoms with Crippen LogP contribution in [0.25, 0.3) is 0 Å². The molecular weight excluding hydrogens is 348 g/mol. The molecule has 0 N–H and O–H groups in total. The van der Waals surface area contributed by atoms with Crippen molar-refractivity contribution in [2.75, 3.05) is 21.3 Å². The highest BCUT2D eigenvalue weighted by Gasteiger charge is 2.12. The van der Waals surface area contributed by atoms with Crippen molar-refractivity contribution in [3.63, 3.8) is 0 Å². The number of benzene rings is 3. The first kappa shape index (κ1) is 19.8. The van der Waals surface area contributed by atoms with Gasteiger partial charge in [0.05, 0.1) is 21.3 Å². The van der Waals surface area contributed by atoms with E-state index in [9.17, 15) is 0 Å². The van der Waals surface area contributed by atoms with Gasteiger partial charge in [-0.25, -0.2) is 0 Å². The lowest BCUT2D eigenvalue weighted by Gasteiger charge is -2.15. The van der Waals surface area contributed by atoms with Crippen LogP contribution in [0.2, 0.25) is 0 Å². The van der Waals surface area contributed by atoms with Gasteiger partial charge in [0.2, 0.25) is 0 Å². The minimum absolute atomic E-state index is 0.788. The van der Waals surface area contributed by atoms with Crippen LogP contribution >= 0.6 is 0 Å². The number of rotatable bonds is 9. The zero-order valence-corrected chi connectivity index (χ0v) is 16.9. The Morgan fingerprint density at radius 1 is 0.536 bits per heavy atom. The lowest BCUT2D eigenvalue weighted by Crippen LogP contribution is -2.02. The molecule has 3 aromatic rings. The Labute approximate surface area is 167 Å². The van der Waals surface area contributed by atoms with Crippen LogP contribution in [0.4, 0.5) is 0 Å². The summed E-state index contributed by atoms with van der Waals surface area (Å²) in [6.45, 7) is 0. The molecule has 3 nitrogen and oxygen atoms in total. The Hall–Kier alpha value is -2.94. The van der Waals surface area contributed by atoms with Gasteiger partial charge < -0.3 is 14.2 Å². The maximum atomic E-state index is 5.54. The van der Waals surface area contributed by atoms with Crippen LogP contribution in [0.1, 0.15) is 22.3 Å². The average Bonchev–Trinajstić information content (AvgIpc) is 2.77. The van der Waals surface area contributed by atoms with Crippen LogP contribution in [0.15, 0.2) is 66.7 Å². The summed E-state index contributed by atoms with van der Waals surface area (Å²) in [5.74, 6) is 2.47. The molecule has 0 atom stereocenters. The summed E-state index contributed by atoms with van der Waals surface area (Å²) >= 11 is 0. The molecule has 3 aromatic carbocycles. The fourth-order valence-electron chi connectivity index (χ4n) is 3.42. The second-order valence-corrected chi connectivity index (χ2v) is 6.81. The Morgan fingerprint density at radius 2 is 1.04 bits per heavy atom. The second kappa shape index (κ2) is 9.84. The van der Waals surface area contributed by atoms with Gasteiger partial charge in [0.25, 0.3) is 0 Å². The molecule has 0 aliphatic rings. The first-order chi connectivity index (χ1) is 13.7. The molecule has 0 unspecified atom stereocenters. The van der Waals surface area contributed by atoms with Crippen LogP contribution in [0.3, 0.4) is 0 Å². The SMILES string of the molecule is COc1ccc(CCc2cc(OC)c(OC)cc2CCc2ccccc2)cc1. The number of ether oxygens (including phenoxy) is 3. The first-order valence-corrected chi connectivity index (χ1v) is 9.64. The van der Waals surface area contributed by atoms with E-state index in [1.165, 1.54) is 22.3 Å². The Kier molecular flexibility index (Phi) is 6.96. The molecule has 146 valence electrons. The normalized spacial score (nSPS) is 10.5. The van der Waals surface area contributed by atoms with Crippen molar-refractivity contribution in [2.24, 2.45) is 0 Å². The predicted molar refractivity (Wildman–Crippen MR) is 114 cm³/mol. The standard InChI is InChI=1S/C25H28O3/c1-26-23-15-11-20(12-16-23)10-14-22-18-25(28-3)24(27-2)17-21(22)13-9-19-7-5-4-6-8-19/h4-8,11-12,15-18H,9-10,13-14H2,1-3H3. The van der Waals surface area contributed by atoms with Gasteiger partial charge in [0.15, 0.2) is 11.5 Å². The monoisotopic (exact) mass is 376 g/mol. The van der Waals surface area contributed by atoms with Crippen LogP contribution in [0.5, 0.6) is 17.2 Å². The quantitative estimate of drug-likeness (QED) is 0.508. The van der Waals surface area contributed by atoms with Gasteiger partial charge in [0.1, 0.15) is 5.75 Å². The molecule has 0 bridgehead atoms. The molecule has 3 heteroatoms. The summed E-state index contributed by atoms with van der Waals surface area (Å²) in [6, 6.07) is 23.1. The largest absolute Gasteiger partial charge is 0.497 e. The van der Waals surface area contributed by atoms with Crippen LogP contribution < -0.4 is 14.2 Å². The summed E-state index contributed by atoms with van der Waals surface area (Å²) < 4.78 is 16.3. The molecule has 0 radical (unpaired) electrons. The molecule has 0 aliphatic heterocycles. The Balaban J connectivity index is 1.79. The van der Waals surface area contributed by atoms with Crippen molar-refractivity contribution in [1.82, 2.24) is 0 Å². The van der Waals surface area contributed by atoms with E-state index < -0.39 is 0 Å². The topological polar surface area (TPSA) is 27.7 Å². The highest BCUT2D eigenvalue weighted by molar-refractivity contribution is 5.48. The van der Waals surface area contributed by atoms with Crippen molar-refractivity contribution in [3.05, 3.63) is 89.0 Å². The fourth-order valence-corrected chi connectivity index (χ4v) is 3.42. The summed E-state index contributed by atoms with van der Waals surface area (Å²) in [5, 5.41) is 0. The summed E-state index contributed by atoms with van der Waals surface area (Å²) in [5.41, 5.74) is 5.27. The molecule has 0 aliphatic carbocycles. The number of aryl methyl sites for hydroxylation is 4. The van der Waals surface area contributed by atoms with E-state index in [1.54, 1.807) is 21.3 Å². The second-order valence-electron chi connectivity index (χ2n) is 6.81. The molecule has 3 rings (SSSR count). The highest BCUT2D eigenvalue weighted by Crippen LogP contribution is 2.32. The molecule has 0 spiro atoms. The molecular formula is C25H28O3. The third-order valence-corrected chi connectivity index (χ3v) is 5.07. The minimum Gasteiger partial charge on any atom is -0.497 e. The van der Waals surface area contributed by atoms with Crippen LogP contribution in [-0.4, -0.2) is 21.3 Å². The third-order valence-electron chi connectivity index (χ3n) is 5.07. The zero-order chi connectivity index (χ0) is 19.8. The Bertz CT molecular complexity index is 870. The predicted octanol–water partition coefficient (Wildman–Crippen LogP) is 5.28. The van der Waals surface area contributed by atoms with E-state index in [-0.39, 0.29) is 0 Å². The van der Waals surface area contributed by atoms with Gasteiger partial charge in [-0.2, -0.15) is 0 Å². The number of hydrogen-bond donors (Lipinski definition) is 0. The first-order valence-electron chi connectivity index (χ1n) is 9.64. The van der Waals surface area contributed by atoms with Gasteiger partial charge in [-0.15, -0.1) is 0 Å². The maximum Gasteiger partial charge on any atom is 0.161 e. The van der Waals surface area contributed by atoms with Crippen molar-refractivity contribution < 1.29 is 14.2 Å². The van der Waals surface area contributed by atoms with E-state index >= 15 is 0 Å². The fraction of sp³-hybridized carbons (Fsp3) is 0.280. The van der Waals surface area contributed by atoms with E-state index in [2.05, 4.69) is 54.6 Å². The van der Waals surface area contributed by atoms with Crippen molar-refractivity contribution in [1.29, 1.82) is 0 Å². The lowest BCUT2D eigenvalue weighted by molar-refractivity contribution is 0.354. The molecule has 28 heavy (non-hydrogen) atoms. The van der Waals surface area contributed by atoms with E-state index in [1.807, 2.05) is 12.1 Å². The van der Waals surface area contributed by atoms with Crippen molar-refractivity contribution in [2.45, 2.75) is 25.7 Å². The third kappa shape index (κ3) is 5.07. The van der Waals surface area contributed by atoms with Crippen LogP contribution in [-0.2, 0) is 25.7 Å². The summed E-state index contributed by atoms with van der Waals surface area (Å²) in [4.78, 5) is 0. The van der Waals surface area contributed by atoms with Gasteiger partial charge >= 0.3 is 0 Å². The van der Waals surface area contributed by atoms with E-state index in [4.69, 9.17) is 14.2 Å². The van der Waals surface area contributed by atoms with Gasteiger partial charge in [0, 0.05) is 0 Å². The maximum absolute atomic E-state index is 5.54. The number of hydrogen-bond acceptors (Lipinski definition) is 3. The van der Waals surface area contributed by atoms with Gasteiger partial charge in [-0.1, -0.05) is 42.5 Å². The van der Waals surface area contributed by atoms with E-state index in [0.29, 0.717) is 0 Å². The van der Waals surface area contributed by atoms with E-state index in [0.717, 1.165) is 42.9 Å². The molecule has 0 saturated heterocycles. The molecule has 0 saturated carbocycles. The summed E-state index contributed by atoms with van der Waals surface area (Å²) in [7, 11) is 5.07. The van der Waals surface area contributed by atoms with Crippen LogP contribution in [0, 0.1) is 0 Å². The Morgan fingerprint density at radius 3 is 1.50 bits per heavy atom. The molecule has 0 amide bonds. The smallest absolute Gasteiger partial charge is 0.161 e. The molecule has 0 fully saturated rings. The van der Waals surface area contributed by atoms with Gasteiger partial charge in [-0.3, -0.25) is 0 Å². The van der Waals surface area contributed by atoms with Crippen molar-refractivity contribution in [3.8, 4) is 17.2 Å². The lowest BCUT2D eigenvalue weighted by atomic mass is 9.95. The molecule has 0 heterocycles. The summed E-state index contributed by atoms with van der Waals surface area (Å²) in [6.07, 6.45) is 3.91. The van der Waals surface area contributed by atoms with Gasteiger partial charge in [-0.05, 0) is 72.2 Å². The average molecular weight is 376 g/mol.